The zero-order chi connectivity index (χ0) is 32.9. The summed E-state index contributed by atoms with van der Waals surface area (Å²) < 4.78 is 6.57. The fourth-order valence-electron chi connectivity index (χ4n) is 7.19. The van der Waals surface area contributed by atoms with Crippen LogP contribution >= 0.6 is 0 Å². The van der Waals surface area contributed by atoms with E-state index in [0.717, 1.165) is 11.0 Å². The largest absolute Gasteiger partial charge is 1.00 e. The second-order valence-corrected chi connectivity index (χ2v) is 15.2. The van der Waals surface area contributed by atoms with Gasteiger partial charge in [0.25, 0.3) is 0 Å². The summed E-state index contributed by atoms with van der Waals surface area (Å²) >= 11 is 0. The monoisotopic (exact) mass is 674 g/mol. The van der Waals surface area contributed by atoms with Gasteiger partial charge in [0.15, 0.2) is 0 Å². The average Bonchev–Trinajstić information content (AvgIpc) is 3.03. The zero-order valence-corrected chi connectivity index (χ0v) is 33.2. The Balaban J connectivity index is 0. The number of aliphatic hydroxyl groups excluding tert-OH is 1. The van der Waals surface area contributed by atoms with Crippen molar-refractivity contribution in [1.82, 2.24) is 0 Å². The molecule has 0 radical (unpaired) electrons. The molecule has 0 saturated heterocycles. The molecule has 1 unspecified atom stereocenters. The van der Waals surface area contributed by atoms with Crippen molar-refractivity contribution in [3.8, 4) is 0 Å². The summed E-state index contributed by atoms with van der Waals surface area (Å²) in [6.45, 7) is 11.1. The SMILES string of the molecule is CCCCCCCCCCCCCCCCCC[N+](C)(CCCCCCCCCCCCCCCCCC)CC(O)COCC.[Cl-]. The third-order valence-corrected chi connectivity index (χ3v) is 10.3. The molecular weight excluding hydrogens is 586 g/mol. The van der Waals surface area contributed by atoms with Gasteiger partial charge in [0.1, 0.15) is 12.6 Å². The van der Waals surface area contributed by atoms with Crippen LogP contribution in [0, 0.1) is 0 Å². The Kier molecular flexibility index (Phi) is 41.6. The van der Waals surface area contributed by atoms with Crippen molar-refractivity contribution >= 4 is 0 Å². The van der Waals surface area contributed by atoms with Gasteiger partial charge in [-0.05, 0) is 32.6 Å². The van der Waals surface area contributed by atoms with Crippen molar-refractivity contribution in [2.75, 3.05) is 39.9 Å². The molecule has 1 N–H and O–H groups in total. The molecule has 0 aromatic rings. The van der Waals surface area contributed by atoms with Crippen LogP contribution in [0.1, 0.15) is 226 Å². The number of ether oxygens (including phenoxy) is 1. The van der Waals surface area contributed by atoms with Crippen molar-refractivity contribution in [1.29, 1.82) is 0 Å². The number of quaternary nitrogens is 1. The number of aliphatic hydroxyl groups is 1. The van der Waals surface area contributed by atoms with E-state index in [4.69, 9.17) is 4.74 Å². The summed E-state index contributed by atoms with van der Waals surface area (Å²) in [6.07, 6.45) is 45.2. The number of likely N-dealkylation sites (N-methyl/N-ethyl adjacent to an activating group) is 1. The predicted molar refractivity (Wildman–Crippen MR) is 202 cm³/mol. The molecule has 3 nitrogen and oxygen atoms in total. The highest BCUT2D eigenvalue weighted by atomic mass is 35.5. The third kappa shape index (κ3) is 37.0. The molecule has 0 saturated carbocycles. The van der Waals surface area contributed by atoms with Crippen LogP contribution in [0.2, 0.25) is 0 Å². The lowest BCUT2D eigenvalue weighted by Gasteiger charge is -2.36. The van der Waals surface area contributed by atoms with E-state index in [1.165, 1.54) is 219 Å². The van der Waals surface area contributed by atoms with Crippen molar-refractivity contribution in [3.63, 3.8) is 0 Å². The van der Waals surface area contributed by atoms with E-state index >= 15 is 0 Å². The van der Waals surface area contributed by atoms with E-state index in [1.807, 2.05) is 6.92 Å². The van der Waals surface area contributed by atoms with Crippen LogP contribution in [0.3, 0.4) is 0 Å². The fraction of sp³-hybridized carbons (Fsp3) is 1.00. The minimum absolute atomic E-state index is 0. The molecule has 4 heteroatoms. The van der Waals surface area contributed by atoms with E-state index in [1.54, 1.807) is 0 Å². The first kappa shape index (κ1) is 48.3. The van der Waals surface area contributed by atoms with Crippen molar-refractivity contribution < 1.29 is 26.7 Å². The summed E-state index contributed by atoms with van der Waals surface area (Å²) in [5.41, 5.74) is 0. The number of hydrogen-bond donors (Lipinski definition) is 1. The van der Waals surface area contributed by atoms with E-state index in [9.17, 15) is 5.11 Å². The maximum atomic E-state index is 10.6. The van der Waals surface area contributed by atoms with E-state index in [0.29, 0.717) is 13.2 Å². The van der Waals surface area contributed by atoms with Gasteiger partial charge < -0.3 is 26.7 Å². The Morgan fingerprint density at radius 2 is 0.652 bits per heavy atom. The number of halogens is 1. The molecule has 0 rings (SSSR count). The van der Waals surface area contributed by atoms with Crippen molar-refractivity contribution in [2.24, 2.45) is 0 Å². The van der Waals surface area contributed by atoms with Crippen LogP contribution < -0.4 is 12.4 Å². The third-order valence-electron chi connectivity index (χ3n) is 10.3. The summed E-state index contributed by atoms with van der Waals surface area (Å²) in [5, 5.41) is 10.6. The highest BCUT2D eigenvalue weighted by Crippen LogP contribution is 2.18. The minimum Gasteiger partial charge on any atom is -1.00 e. The van der Waals surface area contributed by atoms with Crippen LogP contribution in [0.25, 0.3) is 0 Å². The Bertz CT molecular complexity index is 510. The smallest absolute Gasteiger partial charge is 0.126 e. The van der Waals surface area contributed by atoms with Crippen LogP contribution in [0.4, 0.5) is 0 Å². The van der Waals surface area contributed by atoms with Gasteiger partial charge in [-0.3, -0.25) is 0 Å². The van der Waals surface area contributed by atoms with Crippen molar-refractivity contribution in [2.45, 2.75) is 232 Å². The van der Waals surface area contributed by atoms with Crippen LogP contribution in [0.15, 0.2) is 0 Å². The Hall–Kier alpha value is 0.170. The molecule has 1 atom stereocenters. The van der Waals surface area contributed by atoms with E-state index in [-0.39, 0.29) is 18.5 Å². The Morgan fingerprint density at radius 1 is 0.413 bits per heavy atom. The fourth-order valence-corrected chi connectivity index (χ4v) is 7.19. The summed E-state index contributed by atoms with van der Waals surface area (Å²) in [6, 6.07) is 0. The second-order valence-electron chi connectivity index (χ2n) is 15.2. The standard InChI is InChI=1S/C42H88NO2.ClH/c1-5-8-10-12-14-16-18-20-22-24-26-28-30-32-34-36-38-43(4,40-42(44)41-45-7-3)39-37-35-33-31-29-27-25-23-21-19-17-15-13-11-9-6-2;/h42,44H,5-41H2,1-4H3;1H/q+1;/p-1. The second kappa shape index (κ2) is 39.6. The maximum absolute atomic E-state index is 10.6. The molecule has 46 heavy (non-hydrogen) atoms. The normalized spacial score (nSPS) is 12.5. The molecule has 0 spiro atoms. The number of nitrogens with zero attached hydrogens (tertiary/aromatic N) is 1. The molecule has 0 aliphatic rings. The van der Waals surface area contributed by atoms with Gasteiger partial charge >= 0.3 is 0 Å². The molecule has 0 aromatic heterocycles. The Morgan fingerprint density at radius 3 is 0.891 bits per heavy atom. The predicted octanol–water partition coefficient (Wildman–Crippen LogP) is 10.4. The zero-order valence-electron chi connectivity index (χ0n) is 32.4. The van der Waals surface area contributed by atoms with Gasteiger partial charge in [0, 0.05) is 6.61 Å². The lowest BCUT2D eigenvalue weighted by atomic mass is 10.0. The first-order valence-corrected chi connectivity index (χ1v) is 21.2. The molecule has 0 bridgehead atoms. The van der Waals surface area contributed by atoms with Gasteiger partial charge in [0.05, 0.1) is 26.7 Å². The highest BCUT2D eigenvalue weighted by Gasteiger charge is 2.25. The number of unbranched alkanes of at least 4 members (excludes halogenated alkanes) is 30. The van der Waals surface area contributed by atoms with Gasteiger partial charge in [-0.25, -0.2) is 0 Å². The first-order chi connectivity index (χ1) is 22.1. The molecular formula is C42H88ClNO2. The molecule has 0 amide bonds. The summed E-state index contributed by atoms with van der Waals surface area (Å²) in [7, 11) is 2.39. The van der Waals surface area contributed by atoms with E-state index < -0.39 is 0 Å². The first-order valence-electron chi connectivity index (χ1n) is 21.2. The van der Waals surface area contributed by atoms with Gasteiger partial charge in [-0.15, -0.1) is 0 Å². The molecule has 0 aliphatic carbocycles. The lowest BCUT2D eigenvalue weighted by molar-refractivity contribution is -0.913. The molecule has 0 aliphatic heterocycles. The summed E-state index contributed by atoms with van der Waals surface area (Å²) in [5.74, 6) is 0. The Labute approximate surface area is 298 Å². The minimum atomic E-state index is -0.336. The maximum Gasteiger partial charge on any atom is 0.126 e. The van der Waals surface area contributed by atoms with Crippen LogP contribution in [-0.4, -0.2) is 55.6 Å². The average molecular weight is 675 g/mol. The van der Waals surface area contributed by atoms with Crippen molar-refractivity contribution in [3.05, 3.63) is 0 Å². The van der Waals surface area contributed by atoms with Gasteiger partial charge in [-0.2, -0.15) is 0 Å². The number of hydrogen-bond acceptors (Lipinski definition) is 2. The molecule has 0 heterocycles. The van der Waals surface area contributed by atoms with Gasteiger partial charge in [0.2, 0.25) is 0 Å². The van der Waals surface area contributed by atoms with Crippen LogP contribution in [0.5, 0.6) is 0 Å². The van der Waals surface area contributed by atoms with Gasteiger partial charge in [-0.1, -0.05) is 194 Å². The lowest BCUT2D eigenvalue weighted by Crippen LogP contribution is -3.00. The highest BCUT2D eigenvalue weighted by molar-refractivity contribution is 4.57. The molecule has 0 fully saturated rings. The van der Waals surface area contributed by atoms with E-state index in [2.05, 4.69) is 20.9 Å². The molecule has 280 valence electrons. The number of rotatable bonds is 39. The van der Waals surface area contributed by atoms with Crippen LogP contribution in [-0.2, 0) is 4.74 Å². The summed E-state index contributed by atoms with van der Waals surface area (Å²) in [4.78, 5) is 0. The quantitative estimate of drug-likeness (QED) is 0.0520. The topological polar surface area (TPSA) is 29.5 Å². The molecule has 0 aromatic carbocycles.